The van der Waals surface area contributed by atoms with Crippen molar-refractivity contribution in [3.05, 3.63) is 46.0 Å². The molecule has 2 N–H and O–H groups in total. The second-order valence-electron chi connectivity index (χ2n) is 7.53. The van der Waals surface area contributed by atoms with E-state index in [0.29, 0.717) is 39.3 Å². The van der Waals surface area contributed by atoms with Crippen LogP contribution in [0.1, 0.15) is 19.8 Å². The number of nitrogens with zero attached hydrogens (tertiary/aromatic N) is 4. The van der Waals surface area contributed by atoms with Crippen LogP contribution in [0.5, 0.6) is 0 Å². The van der Waals surface area contributed by atoms with Crippen LogP contribution >= 0.6 is 22.9 Å². The van der Waals surface area contributed by atoms with E-state index < -0.39 is 0 Å². The van der Waals surface area contributed by atoms with Crippen LogP contribution in [-0.4, -0.2) is 46.0 Å². The number of thiazole rings is 1. The Kier molecular flexibility index (Phi) is 6.71. The van der Waals surface area contributed by atoms with Crippen molar-refractivity contribution in [3.63, 3.8) is 0 Å². The summed E-state index contributed by atoms with van der Waals surface area (Å²) < 4.78 is 1.64. The summed E-state index contributed by atoms with van der Waals surface area (Å²) in [7, 11) is 0. The van der Waals surface area contributed by atoms with Gasteiger partial charge in [0.25, 0.3) is 5.56 Å². The van der Waals surface area contributed by atoms with Crippen molar-refractivity contribution >= 4 is 55.9 Å². The molecule has 0 saturated carbocycles. The summed E-state index contributed by atoms with van der Waals surface area (Å²) >= 11 is 7.31. The van der Waals surface area contributed by atoms with E-state index in [0.717, 1.165) is 19.4 Å². The second kappa shape index (κ2) is 9.66. The SMILES string of the molecule is CCNC(=O)[C@@H]1CCCN(c2nc3ncn(CC(=O)Nc4ccccc4Cl)c(=O)c3s2)C1. The zero-order valence-electron chi connectivity index (χ0n) is 17.5. The summed E-state index contributed by atoms with van der Waals surface area (Å²) in [6.07, 6.45) is 3.03. The number of rotatable bonds is 6. The molecule has 32 heavy (non-hydrogen) atoms. The number of aromatic nitrogens is 3. The topological polar surface area (TPSA) is 109 Å². The summed E-state index contributed by atoms with van der Waals surface area (Å²) in [5, 5.41) is 6.66. The van der Waals surface area contributed by atoms with E-state index in [-0.39, 0.29) is 29.8 Å². The van der Waals surface area contributed by atoms with Crippen molar-refractivity contribution in [2.45, 2.75) is 26.3 Å². The van der Waals surface area contributed by atoms with E-state index >= 15 is 0 Å². The Hall–Kier alpha value is -2.98. The van der Waals surface area contributed by atoms with Gasteiger partial charge in [0.05, 0.1) is 16.6 Å². The molecule has 0 spiro atoms. The largest absolute Gasteiger partial charge is 0.356 e. The molecule has 2 amide bonds. The van der Waals surface area contributed by atoms with Gasteiger partial charge >= 0.3 is 0 Å². The van der Waals surface area contributed by atoms with Gasteiger partial charge in [0.1, 0.15) is 17.6 Å². The summed E-state index contributed by atoms with van der Waals surface area (Å²) in [5.41, 5.74) is 0.497. The third kappa shape index (κ3) is 4.76. The minimum Gasteiger partial charge on any atom is -0.356 e. The molecule has 1 saturated heterocycles. The van der Waals surface area contributed by atoms with Crippen LogP contribution < -0.4 is 21.1 Å². The lowest BCUT2D eigenvalue weighted by atomic mass is 9.97. The normalized spacial score (nSPS) is 16.2. The maximum absolute atomic E-state index is 12.9. The van der Waals surface area contributed by atoms with E-state index in [4.69, 9.17) is 11.6 Å². The van der Waals surface area contributed by atoms with E-state index in [9.17, 15) is 14.4 Å². The molecule has 0 bridgehead atoms. The predicted octanol–water partition coefficient (Wildman–Crippen LogP) is 2.50. The zero-order chi connectivity index (χ0) is 22.7. The number of carbonyl (C=O) groups excluding carboxylic acids is 2. The molecular weight excluding hydrogens is 452 g/mol. The molecular formula is C21H23ClN6O3S. The molecule has 1 aliphatic rings. The van der Waals surface area contributed by atoms with Gasteiger partial charge in [0, 0.05) is 19.6 Å². The van der Waals surface area contributed by atoms with E-state index in [1.54, 1.807) is 24.3 Å². The number of benzene rings is 1. The molecule has 4 rings (SSSR count). The van der Waals surface area contributed by atoms with Gasteiger partial charge in [0.15, 0.2) is 10.8 Å². The number of carbonyl (C=O) groups is 2. The van der Waals surface area contributed by atoms with Crippen LogP contribution in [0.4, 0.5) is 10.8 Å². The summed E-state index contributed by atoms with van der Waals surface area (Å²) in [4.78, 5) is 48.4. The number of halogens is 1. The van der Waals surface area contributed by atoms with Gasteiger partial charge in [-0.05, 0) is 31.9 Å². The van der Waals surface area contributed by atoms with Crippen molar-refractivity contribution in [1.29, 1.82) is 0 Å². The number of hydrogen-bond donors (Lipinski definition) is 2. The first-order chi connectivity index (χ1) is 15.5. The Bertz CT molecular complexity index is 1210. The lowest BCUT2D eigenvalue weighted by Gasteiger charge is -2.31. The van der Waals surface area contributed by atoms with Crippen LogP contribution in [0.15, 0.2) is 35.4 Å². The fourth-order valence-electron chi connectivity index (χ4n) is 3.67. The molecule has 1 aromatic carbocycles. The highest BCUT2D eigenvalue weighted by Gasteiger charge is 2.27. The number of piperidine rings is 1. The molecule has 1 aliphatic heterocycles. The average molecular weight is 475 g/mol. The minimum atomic E-state index is -0.383. The third-order valence-electron chi connectivity index (χ3n) is 5.25. The zero-order valence-corrected chi connectivity index (χ0v) is 19.1. The first kappa shape index (κ1) is 22.2. The maximum atomic E-state index is 12.9. The first-order valence-electron chi connectivity index (χ1n) is 10.4. The number of hydrogen-bond acceptors (Lipinski definition) is 7. The van der Waals surface area contributed by atoms with Gasteiger partial charge in [0.2, 0.25) is 11.8 Å². The summed E-state index contributed by atoms with van der Waals surface area (Å²) in [6, 6.07) is 6.89. The fraction of sp³-hybridized carbons (Fsp3) is 0.381. The Morgan fingerprint density at radius 1 is 1.31 bits per heavy atom. The third-order valence-corrected chi connectivity index (χ3v) is 6.67. The highest BCUT2D eigenvalue weighted by Crippen LogP contribution is 2.29. The number of nitrogens with one attached hydrogen (secondary N) is 2. The Morgan fingerprint density at radius 3 is 2.91 bits per heavy atom. The average Bonchev–Trinajstić information content (AvgIpc) is 3.23. The van der Waals surface area contributed by atoms with Crippen LogP contribution in [0.3, 0.4) is 0 Å². The maximum Gasteiger partial charge on any atom is 0.273 e. The van der Waals surface area contributed by atoms with E-state index in [1.807, 2.05) is 11.8 Å². The van der Waals surface area contributed by atoms with E-state index in [1.165, 1.54) is 22.2 Å². The molecule has 9 nitrogen and oxygen atoms in total. The van der Waals surface area contributed by atoms with Crippen molar-refractivity contribution < 1.29 is 9.59 Å². The van der Waals surface area contributed by atoms with Gasteiger partial charge in [-0.2, -0.15) is 4.98 Å². The molecule has 11 heteroatoms. The number of amides is 2. The molecule has 168 valence electrons. The standard InChI is InChI=1S/C21H23ClN6O3S/c1-2-23-19(30)13-6-5-9-27(10-13)21-26-18-17(32-21)20(31)28(12-24-18)11-16(29)25-15-8-4-3-7-14(15)22/h3-4,7-8,12-13H,2,5-6,9-11H2,1H3,(H,23,30)(H,25,29)/t13-/m1/s1. The molecule has 0 aliphatic carbocycles. The van der Waals surface area contributed by atoms with Crippen molar-refractivity contribution in [1.82, 2.24) is 19.9 Å². The summed E-state index contributed by atoms with van der Waals surface area (Å²) in [5.74, 6) is -0.441. The van der Waals surface area contributed by atoms with Gasteiger partial charge in [-0.15, -0.1) is 0 Å². The highest BCUT2D eigenvalue weighted by molar-refractivity contribution is 7.22. The lowest BCUT2D eigenvalue weighted by molar-refractivity contribution is -0.125. The number of anilines is 2. The molecule has 2 aromatic heterocycles. The van der Waals surface area contributed by atoms with Gasteiger partial charge < -0.3 is 15.5 Å². The highest BCUT2D eigenvalue weighted by atomic mass is 35.5. The number of para-hydroxylation sites is 1. The number of fused-ring (bicyclic) bond motifs is 1. The van der Waals surface area contributed by atoms with Gasteiger partial charge in [-0.1, -0.05) is 35.1 Å². The van der Waals surface area contributed by atoms with Gasteiger partial charge in [-0.3, -0.25) is 19.0 Å². The minimum absolute atomic E-state index is 0.0447. The lowest BCUT2D eigenvalue weighted by Crippen LogP contribution is -2.43. The second-order valence-corrected chi connectivity index (χ2v) is 8.92. The molecule has 3 aromatic rings. The molecule has 3 heterocycles. The summed E-state index contributed by atoms with van der Waals surface area (Å²) in [6.45, 7) is 3.63. The predicted molar refractivity (Wildman–Crippen MR) is 125 cm³/mol. The van der Waals surface area contributed by atoms with E-state index in [2.05, 4.69) is 20.6 Å². The van der Waals surface area contributed by atoms with Crippen LogP contribution in [0.2, 0.25) is 5.02 Å². The fourth-order valence-corrected chi connectivity index (χ4v) is 4.86. The first-order valence-corrected chi connectivity index (χ1v) is 11.6. The van der Waals surface area contributed by atoms with Crippen molar-refractivity contribution in [3.8, 4) is 0 Å². The quantitative estimate of drug-likeness (QED) is 0.568. The van der Waals surface area contributed by atoms with Crippen molar-refractivity contribution in [2.75, 3.05) is 29.9 Å². The smallest absolute Gasteiger partial charge is 0.273 e. The monoisotopic (exact) mass is 474 g/mol. The molecule has 0 unspecified atom stereocenters. The molecule has 0 radical (unpaired) electrons. The van der Waals surface area contributed by atoms with Crippen LogP contribution in [0.25, 0.3) is 10.3 Å². The van der Waals surface area contributed by atoms with Gasteiger partial charge in [-0.25, -0.2) is 4.98 Å². The Labute approximate surface area is 193 Å². The molecule has 1 atom stereocenters. The van der Waals surface area contributed by atoms with Crippen LogP contribution in [0, 0.1) is 5.92 Å². The molecule has 1 fully saturated rings. The van der Waals surface area contributed by atoms with Crippen molar-refractivity contribution in [2.24, 2.45) is 5.92 Å². The Morgan fingerprint density at radius 2 is 2.12 bits per heavy atom. The Balaban J connectivity index is 1.51. The van der Waals surface area contributed by atoms with Crippen LogP contribution in [-0.2, 0) is 16.1 Å².